The molecule has 1 aliphatic heterocycles. The van der Waals surface area contributed by atoms with Gasteiger partial charge in [-0.05, 0) is 18.6 Å². The zero-order valence-electron chi connectivity index (χ0n) is 13.4. The highest BCUT2D eigenvalue weighted by atomic mass is 35.5. The van der Waals surface area contributed by atoms with E-state index in [4.69, 9.17) is 0 Å². The fraction of sp³-hybridized carbons (Fsp3) is 0.600. The Morgan fingerprint density at radius 1 is 1.04 bits per heavy atom. The second-order valence-corrected chi connectivity index (χ2v) is 5.73. The molecule has 0 saturated carbocycles. The first-order valence-corrected chi connectivity index (χ1v) is 7.59. The van der Waals surface area contributed by atoms with E-state index in [9.17, 15) is 35.8 Å². The topological polar surface area (TPSA) is 35.5 Å². The normalized spacial score (nSPS) is 17.7. The summed E-state index contributed by atoms with van der Waals surface area (Å²) in [5.74, 6) is -1.57. The molecule has 0 spiro atoms. The van der Waals surface area contributed by atoms with Crippen molar-refractivity contribution in [2.24, 2.45) is 0 Å². The lowest BCUT2D eigenvalue weighted by molar-refractivity contribution is -0.144. The second kappa shape index (κ2) is 8.73. The molecule has 0 bridgehead atoms. The van der Waals surface area contributed by atoms with Gasteiger partial charge in [-0.25, -0.2) is 4.39 Å². The van der Waals surface area contributed by atoms with E-state index in [2.05, 4.69) is 5.32 Å². The minimum absolute atomic E-state index is 0. The van der Waals surface area contributed by atoms with Gasteiger partial charge in [0.1, 0.15) is 5.82 Å². The number of nitrogens with zero attached hydrogens (tertiary/aromatic N) is 1. The quantitative estimate of drug-likeness (QED) is 0.744. The predicted molar refractivity (Wildman–Crippen MR) is 82.5 cm³/mol. The van der Waals surface area contributed by atoms with Crippen molar-refractivity contribution in [2.45, 2.75) is 24.8 Å². The van der Waals surface area contributed by atoms with Gasteiger partial charge in [-0.1, -0.05) is 0 Å². The maximum Gasteiger partial charge on any atom is 0.416 e. The van der Waals surface area contributed by atoms with Crippen LogP contribution in [0, 0.1) is 5.82 Å². The van der Waals surface area contributed by atoms with Gasteiger partial charge in [0.25, 0.3) is 0 Å². The van der Waals surface area contributed by atoms with Gasteiger partial charge in [0.05, 0.1) is 11.1 Å². The first-order valence-electron chi connectivity index (χ1n) is 7.59. The molecule has 0 unspecified atom stereocenters. The van der Waals surface area contributed by atoms with Crippen molar-refractivity contribution >= 4 is 12.4 Å². The Morgan fingerprint density at radius 3 is 2.08 bits per heavy atom. The number of halogens is 8. The van der Waals surface area contributed by atoms with Crippen LogP contribution in [0.2, 0.25) is 0 Å². The third-order valence-corrected chi connectivity index (χ3v) is 4.09. The number of aliphatic hydroxyl groups is 1. The Labute approximate surface area is 151 Å². The first kappa shape index (κ1) is 22.9. The summed E-state index contributed by atoms with van der Waals surface area (Å²) in [5.41, 5.74) is -4.20. The van der Waals surface area contributed by atoms with Crippen LogP contribution in [0.3, 0.4) is 0 Å². The van der Waals surface area contributed by atoms with Gasteiger partial charge in [0.2, 0.25) is 0 Å². The Morgan fingerprint density at radius 2 is 1.62 bits per heavy atom. The molecule has 2 N–H and O–H groups in total. The van der Waals surface area contributed by atoms with E-state index in [1.807, 2.05) is 0 Å². The van der Waals surface area contributed by atoms with Gasteiger partial charge in [0, 0.05) is 44.4 Å². The molecule has 150 valence electrons. The highest BCUT2D eigenvalue weighted by molar-refractivity contribution is 5.85. The highest BCUT2D eigenvalue weighted by Crippen LogP contribution is 2.42. The van der Waals surface area contributed by atoms with E-state index < -0.39 is 47.5 Å². The summed E-state index contributed by atoms with van der Waals surface area (Å²) in [4.78, 5) is 1.54. The van der Waals surface area contributed by atoms with Crippen LogP contribution in [0.25, 0.3) is 0 Å². The number of benzene rings is 1. The van der Waals surface area contributed by atoms with Crippen LogP contribution < -0.4 is 5.32 Å². The van der Waals surface area contributed by atoms with Gasteiger partial charge in [-0.3, -0.25) is 4.90 Å². The van der Waals surface area contributed by atoms with Gasteiger partial charge < -0.3 is 10.4 Å². The average molecular weight is 411 g/mol. The molecule has 1 aromatic rings. The summed E-state index contributed by atoms with van der Waals surface area (Å²) in [6.07, 6.45) is -10.5. The average Bonchev–Trinajstić information content (AvgIpc) is 2.51. The Kier molecular flexibility index (Phi) is 7.70. The number of alkyl halides is 6. The van der Waals surface area contributed by atoms with Crippen molar-refractivity contribution in [3.63, 3.8) is 0 Å². The van der Waals surface area contributed by atoms with Gasteiger partial charge in [-0.2, -0.15) is 26.3 Å². The lowest BCUT2D eigenvalue weighted by Crippen LogP contribution is -2.46. The fourth-order valence-corrected chi connectivity index (χ4v) is 2.98. The molecule has 1 atom stereocenters. The molecule has 2 rings (SSSR count). The molecular weight excluding hydrogens is 393 g/mol. The smallest absolute Gasteiger partial charge is 0.396 e. The van der Waals surface area contributed by atoms with Crippen LogP contribution in [-0.4, -0.2) is 42.8 Å². The summed E-state index contributed by atoms with van der Waals surface area (Å²) in [6, 6.07) is -1.15. The van der Waals surface area contributed by atoms with Crippen LogP contribution in [0.1, 0.15) is 29.2 Å². The van der Waals surface area contributed by atoms with Crippen molar-refractivity contribution < 1.29 is 35.8 Å². The van der Waals surface area contributed by atoms with Crippen LogP contribution in [-0.2, 0) is 12.4 Å². The van der Waals surface area contributed by atoms with Crippen LogP contribution in [0.4, 0.5) is 30.7 Å². The predicted octanol–water partition coefficient (Wildman–Crippen LogP) is 3.61. The summed E-state index contributed by atoms with van der Waals surface area (Å²) in [7, 11) is 0. The van der Waals surface area contributed by atoms with Crippen molar-refractivity contribution in [3.8, 4) is 0 Å². The molecule has 3 nitrogen and oxygen atoms in total. The standard InChI is InChI=1S/C15H17F7N2O.ClH/c16-11-8-9(14(17,18)19)7-10(15(20,21)22)13(11)12(1-6-25)24-4-2-23-3-5-24;/h7-8,12,23,25H,1-6H2;1H/t12-;/m0./s1. The fourth-order valence-electron chi connectivity index (χ4n) is 2.98. The molecule has 1 heterocycles. The zero-order valence-corrected chi connectivity index (χ0v) is 14.2. The number of hydrogen-bond donors (Lipinski definition) is 2. The van der Waals surface area contributed by atoms with E-state index in [0.717, 1.165) is 0 Å². The Hall–Kier alpha value is -1.10. The minimum atomic E-state index is -5.15. The first-order chi connectivity index (χ1) is 11.6. The molecule has 1 aliphatic rings. The third kappa shape index (κ3) is 5.21. The molecule has 1 fully saturated rings. The van der Waals surface area contributed by atoms with Crippen molar-refractivity contribution in [1.82, 2.24) is 10.2 Å². The molecule has 0 aromatic heterocycles. The van der Waals surface area contributed by atoms with Crippen LogP contribution >= 0.6 is 12.4 Å². The molecule has 1 saturated heterocycles. The lowest BCUT2D eigenvalue weighted by atomic mass is 9.93. The summed E-state index contributed by atoms with van der Waals surface area (Å²) in [5, 5.41) is 12.2. The van der Waals surface area contributed by atoms with E-state index in [1.54, 1.807) is 0 Å². The number of piperazine rings is 1. The van der Waals surface area contributed by atoms with Gasteiger partial charge >= 0.3 is 12.4 Å². The summed E-state index contributed by atoms with van der Waals surface area (Å²) >= 11 is 0. The van der Waals surface area contributed by atoms with Gasteiger partial charge in [-0.15, -0.1) is 12.4 Å². The van der Waals surface area contributed by atoms with Crippen LogP contribution in [0.5, 0.6) is 0 Å². The van der Waals surface area contributed by atoms with E-state index in [-0.39, 0.29) is 31.0 Å². The summed E-state index contributed by atoms with van der Waals surface area (Å²) < 4.78 is 92.7. The highest BCUT2D eigenvalue weighted by Gasteiger charge is 2.42. The number of hydrogen-bond acceptors (Lipinski definition) is 3. The second-order valence-electron chi connectivity index (χ2n) is 5.73. The summed E-state index contributed by atoms with van der Waals surface area (Å²) in [6.45, 7) is 0.967. The molecule has 0 amide bonds. The van der Waals surface area contributed by atoms with Gasteiger partial charge in [0.15, 0.2) is 0 Å². The van der Waals surface area contributed by atoms with E-state index in [0.29, 0.717) is 26.2 Å². The maximum absolute atomic E-state index is 14.4. The molecule has 26 heavy (non-hydrogen) atoms. The SMILES string of the molecule is Cl.OCC[C@@H](c1c(F)cc(C(F)(F)F)cc1C(F)(F)F)N1CCNCC1. The maximum atomic E-state index is 14.4. The Bertz CT molecular complexity index is 601. The molecule has 0 aliphatic carbocycles. The van der Waals surface area contributed by atoms with Crippen LogP contribution in [0.15, 0.2) is 12.1 Å². The number of nitrogens with one attached hydrogen (secondary N) is 1. The largest absolute Gasteiger partial charge is 0.416 e. The lowest BCUT2D eigenvalue weighted by Gasteiger charge is -2.36. The molecular formula is C15H18ClF7N2O. The Balaban J connectivity index is 0.00000338. The van der Waals surface area contributed by atoms with Crippen molar-refractivity contribution in [1.29, 1.82) is 0 Å². The van der Waals surface area contributed by atoms with E-state index >= 15 is 0 Å². The molecule has 11 heteroatoms. The zero-order chi connectivity index (χ0) is 18.8. The number of aliphatic hydroxyl groups excluding tert-OH is 1. The molecule has 0 radical (unpaired) electrons. The monoisotopic (exact) mass is 410 g/mol. The minimum Gasteiger partial charge on any atom is -0.396 e. The van der Waals surface area contributed by atoms with Crippen molar-refractivity contribution in [2.75, 3.05) is 32.8 Å². The molecule has 1 aromatic carbocycles. The van der Waals surface area contributed by atoms with Crippen molar-refractivity contribution in [3.05, 3.63) is 34.6 Å². The third-order valence-electron chi connectivity index (χ3n) is 4.09. The number of rotatable bonds is 4. The van der Waals surface area contributed by atoms with E-state index in [1.165, 1.54) is 4.90 Å².